The lowest BCUT2D eigenvalue weighted by molar-refractivity contribution is -0.141. The van der Waals surface area contributed by atoms with Gasteiger partial charge in [-0.2, -0.15) is 0 Å². The Bertz CT molecular complexity index is 567. The Morgan fingerprint density at radius 2 is 2.14 bits per heavy atom. The van der Waals surface area contributed by atoms with E-state index >= 15 is 0 Å². The molecule has 1 aromatic rings. The Labute approximate surface area is 129 Å². The molecule has 1 aliphatic heterocycles. The van der Waals surface area contributed by atoms with Crippen molar-refractivity contribution < 1.29 is 23.8 Å². The summed E-state index contributed by atoms with van der Waals surface area (Å²) in [5.41, 5.74) is 0. The van der Waals surface area contributed by atoms with Gasteiger partial charge in [0.1, 0.15) is 18.4 Å². The van der Waals surface area contributed by atoms with E-state index in [1.807, 2.05) is 0 Å². The molecule has 6 heteroatoms. The van der Waals surface area contributed by atoms with Crippen molar-refractivity contribution in [2.75, 3.05) is 7.11 Å². The number of furan rings is 1. The Hall–Kier alpha value is -1.82. The number of amides is 1. The highest BCUT2D eigenvalue weighted by Gasteiger charge is 2.48. The molecule has 0 aromatic carbocycles. The maximum Gasteiger partial charge on any atom is 0.326 e. The normalized spacial score (nSPS) is 27.7. The van der Waals surface area contributed by atoms with Gasteiger partial charge in [-0.05, 0) is 37.3 Å². The molecule has 22 heavy (non-hydrogen) atoms. The smallest absolute Gasteiger partial charge is 0.326 e. The second-order valence-corrected chi connectivity index (χ2v) is 6.11. The van der Waals surface area contributed by atoms with Gasteiger partial charge in [0.25, 0.3) is 5.91 Å². The Kier molecular flexibility index (Phi) is 4.20. The monoisotopic (exact) mass is 307 g/mol. The van der Waals surface area contributed by atoms with Gasteiger partial charge in [0.05, 0.1) is 0 Å². The van der Waals surface area contributed by atoms with E-state index in [4.69, 9.17) is 9.15 Å². The van der Waals surface area contributed by atoms with Gasteiger partial charge in [0.15, 0.2) is 5.76 Å². The number of carboxylic acid groups (broad SMARTS) is 1. The van der Waals surface area contributed by atoms with Crippen LogP contribution >= 0.6 is 0 Å². The first-order chi connectivity index (χ1) is 10.6. The molecule has 1 saturated carbocycles. The van der Waals surface area contributed by atoms with Crippen LogP contribution in [0, 0.1) is 5.92 Å². The fraction of sp³-hybridized carbons (Fsp3) is 0.625. The van der Waals surface area contributed by atoms with Crippen LogP contribution in [-0.2, 0) is 16.1 Å². The van der Waals surface area contributed by atoms with Crippen molar-refractivity contribution in [3.05, 3.63) is 23.7 Å². The van der Waals surface area contributed by atoms with Gasteiger partial charge in [-0.3, -0.25) is 4.79 Å². The number of ether oxygens (including phenoxy) is 1. The zero-order chi connectivity index (χ0) is 15.7. The first-order valence-corrected chi connectivity index (χ1v) is 7.75. The number of carboxylic acids is 1. The van der Waals surface area contributed by atoms with Crippen LogP contribution < -0.4 is 0 Å². The average Bonchev–Trinajstić information content (AvgIpc) is 3.11. The maximum absolute atomic E-state index is 12.8. The fourth-order valence-electron chi connectivity index (χ4n) is 3.81. The summed E-state index contributed by atoms with van der Waals surface area (Å²) >= 11 is 0. The number of carbonyl (C=O) groups is 2. The van der Waals surface area contributed by atoms with E-state index in [2.05, 4.69) is 0 Å². The lowest BCUT2D eigenvalue weighted by Crippen LogP contribution is -2.46. The van der Waals surface area contributed by atoms with Crippen molar-refractivity contribution in [3.63, 3.8) is 0 Å². The highest BCUT2D eigenvalue weighted by molar-refractivity contribution is 5.95. The zero-order valence-electron chi connectivity index (χ0n) is 12.7. The number of hydrogen-bond donors (Lipinski definition) is 1. The van der Waals surface area contributed by atoms with E-state index in [0.717, 1.165) is 25.7 Å². The van der Waals surface area contributed by atoms with Crippen LogP contribution in [0.3, 0.4) is 0 Å². The number of rotatable bonds is 4. The zero-order valence-corrected chi connectivity index (χ0v) is 12.7. The highest BCUT2D eigenvalue weighted by atomic mass is 16.5. The maximum atomic E-state index is 12.8. The predicted octanol–water partition coefficient (Wildman–Crippen LogP) is 2.28. The minimum atomic E-state index is -0.925. The number of fused-ring (bicyclic) bond motifs is 1. The Morgan fingerprint density at radius 3 is 2.86 bits per heavy atom. The van der Waals surface area contributed by atoms with Crippen molar-refractivity contribution in [2.24, 2.45) is 5.92 Å². The van der Waals surface area contributed by atoms with E-state index in [9.17, 15) is 14.7 Å². The lowest BCUT2D eigenvalue weighted by Gasteiger charge is -2.32. The number of nitrogens with zero attached hydrogens (tertiary/aromatic N) is 1. The van der Waals surface area contributed by atoms with E-state index in [1.54, 1.807) is 24.1 Å². The number of carbonyl (C=O) groups excluding carboxylic acids is 1. The molecule has 0 bridgehead atoms. The van der Waals surface area contributed by atoms with Crippen LogP contribution in [0.5, 0.6) is 0 Å². The van der Waals surface area contributed by atoms with Crippen molar-refractivity contribution >= 4 is 11.9 Å². The summed E-state index contributed by atoms with van der Waals surface area (Å²) in [5, 5.41) is 9.47. The van der Waals surface area contributed by atoms with Crippen LogP contribution in [0.2, 0.25) is 0 Å². The van der Waals surface area contributed by atoms with Crippen LogP contribution in [0.4, 0.5) is 0 Å². The van der Waals surface area contributed by atoms with Crippen molar-refractivity contribution in [1.82, 2.24) is 4.90 Å². The summed E-state index contributed by atoms with van der Waals surface area (Å²) < 4.78 is 10.5. The van der Waals surface area contributed by atoms with E-state index in [0.29, 0.717) is 24.7 Å². The SMILES string of the molecule is COCc1ccc(C(=O)N2C(C(=O)O)CC3CCCCC32)o1. The standard InChI is InChI=1S/C16H21NO5/c1-21-9-11-6-7-14(22-11)15(18)17-12-5-3-2-4-10(12)8-13(17)16(19)20/h6-7,10,12-13H,2-5,8-9H2,1H3,(H,19,20). The van der Waals surface area contributed by atoms with Gasteiger partial charge in [-0.25, -0.2) is 4.79 Å². The number of methoxy groups -OCH3 is 1. The molecule has 3 atom stereocenters. The molecule has 1 aromatic heterocycles. The van der Waals surface area contributed by atoms with E-state index < -0.39 is 12.0 Å². The molecule has 1 saturated heterocycles. The van der Waals surface area contributed by atoms with Gasteiger partial charge in [-0.15, -0.1) is 0 Å². The molecule has 1 amide bonds. The molecular formula is C16H21NO5. The average molecular weight is 307 g/mol. The number of likely N-dealkylation sites (tertiary alicyclic amines) is 1. The summed E-state index contributed by atoms with van der Waals surface area (Å²) in [4.78, 5) is 25.9. The summed E-state index contributed by atoms with van der Waals surface area (Å²) in [6.07, 6.45) is 4.60. The summed E-state index contributed by atoms with van der Waals surface area (Å²) in [6, 6.07) is 2.59. The number of hydrogen-bond acceptors (Lipinski definition) is 4. The van der Waals surface area contributed by atoms with Crippen LogP contribution in [0.15, 0.2) is 16.5 Å². The first kappa shape index (κ1) is 15.1. The Morgan fingerprint density at radius 1 is 1.36 bits per heavy atom. The molecule has 0 radical (unpaired) electrons. The molecule has 2 fully saturated rings. The molecule has 3 unspecified atom stereocenters. The van der Waals surface area contributed by atoms with Gasteiger partial charge < -0.3 is 19.2 Å². The van der Waals surface area contributed by atoms with Crippen LogP contribution in [0.1, 0.15) is 48.4 Å². The van der Waals surface area contributed by atoms with E-state index in [1.165, 1.54) is 0 Å². The molecule has 2 aliphatic rings. The highest BCUT2D eigenvalue weighted by Crippen LogP contribution is 2.40. The molecule has 6 nitrogen and oxygen atoms in total. The van der Waals surface area contributed by atoms with Crippen LogP contribution in [-0.4, -0.2) is 41.1 Å². The molecule has 1 N–H and O–H groups in total. The minimum Gasteiger partial charge on any atom is -0.480 e. The minimum absolute atomic E-state index is 0.0262. The van der Waals surface area contributed by atoms with Gasteiger partial charge in [0.2, 0.25) is 0 Å². The van der Waals surface area contributed by atoms with Crippen molar-refractivity contribution in [1.29, 1.82) is 0 Å². The second-order valence-electron chi connectivity index (χ2n) is 6.11. The van der Waals surface area contributed by atoms with Crippen LogP contribution in [0.25, 0.3) is 0 Å². The summed E-state index contributed by atoms with van der Waals surface area (Å²) in [7, 11) is 1.55. The summed E-state index contributed by atoms with van der Waals surface area (Å²) in [5.74, 6) is -0.176. The molecule has 1 aliphatic carbocycles. The third-order valence-electron chi connectivity index (χ3n) is 4.77. The molecule has 3 rings (SSSR count). The third kappa shape index (κ3) is 2.63. The molecule has 120 valence electrons. The van der Waals surface area contributed by atoms with Crippen molar-refractivity contribution in [3.8, 4) is 0 Å². The first-order valence-electron chi connectivity index (χ1n) is 7.75. The molecular weight excluding hydrogens is 286 g/mol. The fourth-order valence-corrected chi connectivity index (χ4v) is 3.81. The Balaban J connectivity index is 1.85. The number of aliphatic carboxylic acids is 1. The topological polar surface area (TPSA) is 80.0 Å². The molecule has 0 spiro atoms. The largest absolute Gasteiger partial charge is 0.480 e. The lowest BCUT2D eigenvalue weighted by atomic mass is 9.84. The van der Waals surface area contributed by atoms with Gasteiger partial charge >= 0.3 is 5.97 Å². The predicted molar refractivity (Wildman–Crippen MR) is 77.4 cm³/mol. The molecule has 2 heterocycles. The summed E-state index contributed by atoms with van der Waals surface area (Å²) in [6.45, 7) is 0.293. The van der Waals surface area contributed by atoms with E-state index in [-0.39, 0.29) is 17.7 Å². The second kappa shape index (κ2) is 6.12. The quantitative estimate of drug-likeness (QED) is 0.923. The van der Waals surface area contributed by atoms with Gasteiger partial charge in [0, 0.05) is 13.2 Å². The third-order valence-corrected chi connectivity index (χ3v) is 4.77. The van der Waals surface area contributed by atoms with Crippen molar-refractivity contribution in [2.45, 2.75) is 50.8 Å². The van der Waals surface area contributed by atoms with Gasteiger partial charge in [-0.1, -0.05) is 12.8 Å².